The van der Waals surface area contributed by atoms with Crippen LogP contribution in [0.3, 0.4) is 0 Å². The van der Waals surface area contributed by atoms with E-state index < -0.39 is 11.7 Å². The molecule has 0 atom stereocenters. The van der Waals surface area contributed by atoms with Crippen LogP contribution in [0, 0.1) is 6.92 Å². The van der Waals surface area contributed by atoms with E-state index in [9.17, 15) is 13.2 Å². The molecule has 1 aliphatic carbocycles. The number of benzene rings is 3. The third kappa shape index (κ3) is 4.05. The third-order valence-electron chi connectivity index (χ3n) is 7.57. The molecule has 1 saturated carbocycles. The summed E-state index contributed by atoms with van der Waals surface area (Å²) >= 11 is 0. The minimum Gasteiger partial charge on any atom is -0.366 e. The summed E-state index contributed by atoms with van der Waals surface area (Å²) in [4.78, 5) is 2.43. The highest BCUT2D eigenvalue weighted by molar-refractivity contribution is 5.75. The fourth-order valence-corrected chi connectivity index (χ4v) is 5.77. The average molecular weight is 450 g/mol. The maximum atomic E-state index is 13.9. The van der Waals surface area contributed by atoms with E-state index in [-0.39, 0.29) is 11.0 Å². The molecule has 0 radical (unpaired) electrons. The van der Waals surface area contributed by atoms with Crippen LogP contribution in [0.4, 0.5) is 18.9 Å². The molecule has 1 aliphatic heterocycles. The van der Waals surface area contributed by atoms with E-state index >= 15 is 0 Å². The molecule has 0 aromatic heterocycles. The molecule has 0 amide bonds. The zero-order valence-corrected chi connectivity index (χ0v) is 19.3. The first-order valence-corrected chi connectivity index (χ1v) is 11.9. The largest absolute Gasteiger partial charge is 0.417 e. The SMILES string of the molecule is CCc1ccc(-c2ccc3c(c2)C2(CCCC2)CN3Cc2ccc(C)cc2)c(C(F)(F)F)c1. The van der Waals surface area contributed by atoms with Gasteiger partial charge in [0.15, 0.2) is 0 Å². The summed E-state index contributed by atoms with van der Waals surface area (Å²) in [6, 6.07) is 19.4. The molecule has 1 heterocycles. The molecule has 2 aliphatic rings. The topological polar surface area (TPSA) is 3.24 Å². The van der Waals surface area contributed by atoms with Crippen molar-refractivity contribution in [3.05, 3.63) is 88.5 Å². The van der Waals surface area contributed by atoms with Crippen molar-refractivity contribution in [1.82, 2.24) is 0 Å². The molecule has 1 spiro atoms. The highest BCUT2D eigenvalue weighted by Crippen LogP contribution is 2.52. The van der Waals surface area contributed by atoms with Gasteiger partial charge in [0.1, 0.15) is 0 Å². The quantitative estimate of drug-likeness (QED) is 0.389. The molecule has 0 bridgehead atoms. The van der Waals surface area contributed by atoms with E-state index in [2.05, 4.69) is 48.2 Å². The summed E-state index contributed by atoms with van der Waals surface area (Å²) in [5.74, 6) is 0. The summed E-state index contributed by atoms with van der Waals surface area (Å²) < 4.78 is 41.8. The van der Waals surface area contributed by atoms with E-state index in [0.717, 1.165) is 25.9 Å². The Kier molecular flexibility index (Phi) is 5.50. The first kappa shape index (κ1) is 22.1. The summed E-state index contributed by atoms with van der Waals surface area (Å²) in [5.41, 5.74) is 6.11. The summed E-state index contributed by atoms with van der Waals surface area (Å²) in [6.45, 7) is 5.75. The number of fused-ring (bicyclic) bond motifs is 2. The number of aryl methyl sites for hydroxylation is 2. The average Bonchev–Trinajstić information content (AvgIpc) is 3.39. The first-order chi connectivity index (χ1) is 15.8. The molecule has 1 nitrogen and oxygen atoms in total. The lowest BCUT2D eigenvalue weighted by Crippen LogP contribution is -2.30. The number of halogens is 3. The fraction of sp³-hybridized carbons (Fsp3) is 0.379. The van der Waals surface area contributed by atoms with Gasteiger partial charge in [0, 0.05) is 24.2 Å². The maximum Gasteiger partial charge on any atom is 0.417 e. The van der Waals surface area contributed by atoms with E-state index in [0.29, 0.717) is 17.5 Å². The Balaban J connectivity index is 1.57. The lowest BCUT2D eigenvalue weighted by Gasteiger charge is -2.26. The Morgan fingerprint density at radius 2 is 1.58 bits per heavy atom. The van der Waals surface area contributed by atoms with Gasteiger partial charge in [0.2, 0.25) is 0 Å². The van der Waals surface area contributed by atoms with Crippen LogP contribution in [0.2, 0.25) is 0 Å². The standard InChI is InChI=1S/C29H30F3N/c1-3-21-10-12-24(25(16-21)29(30,31)32)23-11-13-27-26(17-23)28(14-4-5-15-28)19-33(27)18-22-8-6-20(2)7-9-22/h6-13,16-17H,3-5,14-15,18-19H2,1-2H3. The molecule has 172 valence electrons. The van der Waals surface area contributed by atoms with E-state index in [1.54, 1.807) is 6.07 Å². The van der Waals surface area contributed by atoms with Gasteiger partial charge in [-0.3, -0.25) is 0 Å². The molecular weight excluding hydrogens is 419 g/mol. The van der Waals surface area contributed by atoms with Crippen LogP contribution in [-0.4, -0.2) is 6.54 Å². The van der Waals surface area contributed by atoms with Crippen molar-refractivity contribution in [3.63, 3.8) is 0 Å². The number of anilines is 1. The van der Waals surface area contributed by atoms with E-state index in [1.807, 2.05) is 19.1 Å². The Labute approximate surface area is 194 Å². The normalized spacial score (nSPS) is 17.1. The van der Waals surface area contributed by atoms with Crippen molar-refractivity contribution in [2.75, 3.05) is 11.4 Å². The predicted molar refractivity (Wildman–Crippen MR) is 129 cm³/mol. The molecule has 3 aromatic carbocycles. The highest BCUT2D eigenvalue weighted by Gasteiger charge is 2.44. The Morgan fingerprint density at radius 1 is 0.879 bits per heavy atom. The molecular formula is C29H30F3N. The van der Waals surface area contributed by atoms with Crippen LogP contribution < -0.4 is 4.90 Å². The maximum absolute atomic E-state index is 13.9. The van der Waals surface area contributed by atoms with E-state index in [1.165, 1.54) is 41.3 Å². The summed E-state index contributed by atoms with van der Waals surface area (Å²) in [6.07, 6.45) is 0.790. The van der Waals surface area contributed by atoms with Gasteiger partial charge in [-0.25, -0.2) is 0 Å². The van der Waals surface area contributed by atoms with Crippen molar-refractivity contribution in [2.45, 2.75) is 64.1 Å². The van der Waals surface area contributed by atoms with Gasteiger partial charge >= 0.3 is 6.18 Å². The van der Waals surface area contributed by atoms with Crippen LogP contribution in [0.5, 0.6) is 0 Å². The molecule has 4 heteroatoms. The fourth-order valence-electron chi connectivity index (χ4n) is 5.77. The summed E-state index contributed by atoms with van der Waals surface area (Å²) in [5, 5.41) is 0. The molecule has 5 rings (SSSR count). The molecule has 0 saturated heterocycles. The van der Waals surface area contributed by atoms with Crippen LogP contribution in [0.15, 0.2) is 60.7 Å². The van der Waals surface area contributed by atoms with Crippen molar-refractivity contribution < 1.29 is 13.2 Å². The van der Waals surface area contributed by atoms with Crippen LogP contribution >= 0.6 is 0 Å². The van der Waals surface area contributed by atoms with Gasteiger partial charge in [0.25, 0.3) is 0 Å². The minimum absolute atomic E-state index is 0.0534. The van der Waals surface area contributed by atoms with Gasteiger partial charge in [-0.15, -0.1) is 0 Å². The van der Waals surface area contributed by atoms with Crippen molar-refractivity contribution >= 4 is 5.69 Å². The Bertz CT molecular complexity index is 1150. The van der Waals surface area contributed by atoms with Gasteiger partial charge in [0.05, 0.1) is 5.56 Å². The second-order valence-corrected chi connectivity index (χ2v) is 9.79. The molecule has 3 aromatic rings. The van der Waals surface area contributed by atoms with Gasteiger partial charge in [-0.1, -0.05) is 67.8 Å². The van der Waals surface area contributed by atoms with Crippen molar-refractivity contribution in [1.29, 1.82) is 0 Å². The lowest BCUT2D eigenvalue weighted by atomic mass is 9.79. The number of hydrogen-bond acceptors (Lipinski definition) is 1. The van der Waals surface area contributed by atoms with Crippen molar-refractivity contribution in [2.24, 2.45) is 0 Å². The smallest absolute Gasteiger partial charge is 0.366 e. The van der Waals surface area contributed by atoms with Gasteiger partial charge in [-0.05, 0) is 72.2 Å². The Morgan fingerprint density at radius 3 is 2.24 bits per heavy atom. The third-order valence-corrected chi connectivity index (χ3v) is 7.57. The Hall–Kier alpha value is -2.75. The highest BCUT2D eigenvalue weighted by atomic mass is 19.4. The van der Waals surface area contributed by atoms with Crippen LogP contribution in [0.1, 0.15) is 60.4 Å². The zero-order valence-electron chi connectivity index (χ0n) is 19.3. The molecule has 0 N–H and O–H groups in total. The second-order valence-electron chi connectivity index (χ2n) is 9.79. The van der Waals surface area contributed by atoms with Gasteiger partial charge in [-0.2, -0.15) is 13.2 Å². The van der Waals surface area contributed by atoms with Crippen LogP contribution in [0.25, 0.3) is 11.1 Å². The number of rotatable bonds is 4. The van der Waals surface area contributed by atoms with Crippen LogP contribution in [-0.2, 0) is 24.6 Å². The number of alkyl halides is 3. The number of nitrogens with zero attached hydrogens (tertiary/aromatic N) is 1. The monoisotopic (exact) mass is 449 g/mol. The van der Waals surface area contributed by atoms with E-state index in [4.69, 9.17) is 0 Å². The van der Waals surface area contributed by atoms with Crippen molar-refractivity contribution in [3.8, 4) is 11.1 Å². The molecule has 1 fully saturated rings. The molecule has 33 heavy (non-hydrogen) atoms. The predicted octanol–water partition coefficient (Wildman–Crippen LogP) is 8.08. The van der Waals surface area contributed by atoms with Gasteiger partial charge < -0.3 is 4.90 Å². The lowest BCUT2D eigenvalue weighted by molar-refractivity contribution is -0.137. The minimum atomic E-state index is -4.37. The second kappa shape index (κ2) is 8.23. The number of hydrogen-bond donors (Lipinski definition) is 0. The zero-order chi connectivity index (χ0) is 23.2. The first-order valence-electron chi connectivity index (χ1n) is 11.9. The summed E-state index contributed by atoms with van der Waals surface area (Å²) in [7, 11) is 0. The molecule has 0 unspecified atom stereocenters.